The van der Waals surface area contributed by atoms with Crippen LogP contribution in [0, 0.1) is 0 Å². The lowest BCUT2D eigenvalue weighted by Gasteiger charge is -2.14. The number of amidine groups is 1. The summed E-state index contributed by atoms with van der Waals surface area (Å²) < 4.78 is 44.3. The second-order valence-electron chi connectivity index (χ2n) is 6.71. The summed E-state index contributed by atoms with van der Waals surface area (Å²) in [7, 11) is 1.56. The zero-order chi connectivity index (χ0) is 23.3. The molecule has 0 bridgehead atoms. The average Bonchev–Trinajstić information content (AvgIpc) is 3.10. The molecule has 7 nitrogen and oxygen atoms in total. The van der Waals surface area contributed by atoms with Crippen molar-refractivity contribution in [3.05, 3.63) is 59.7 Å². The summed E-state index contributed by atoms with van der Waals surface area (Å²) in [5, 5.41) is 12.2. The Kier molecular flexibility index (Phi) is 7.18. The number of benzene rings is 2. The molecule has 0 aliphatic carbocycles. The van der Waals surface area contributed by atoms with E-state index < -0.39 is 28.8 Å². The van der Waals surface area contributed by atoms with Gasteiger partial charge in [0, 0.05) is 6.42 Å². The second kappa shape index (κ2) is 9.86. The Bertz CT molecular complexity index is 1070. The van der Waals surface area contributed by atoms with E-state index in [9.17, 15) is 22.8 Å². The van der Waals surface area contributed by atoms with Gasteiger partial charge in [-0.25, -0.2) is 0 Å². The van der Waals surface area contributed by atoms with Crippen molar-refractivity contribution in [2.24, 2.45) is 10.2 Å². The monoisotopic (exact) mass is 464 g/mol. The smallest absolute Gasteiger partial charge is 0.418 e. The number of nitrogens with one attached hydrogen (secondary N) is 2. The molecule has 2 N–H and O–H groups in total. The van der Waals surface area contributed by atoms with E-state index in [4.69, 9.17) is 4.74 Å². The van der Waals surface area contributed by atoms with Gasteiger partial charge in [0.15, 0.2) is 5.17 Å². The van der Waals surface area contributed by atoms with Crippen LogP contribution >= 0.6 is 11.8 Å². The van der Waals surface area contributed by atoms with E-state index in [1.54, 1.807) is 26.2 Å². The number of hydrogen-bond acceptors (Lipinski definition) is 6. The van der Waals surface area contributed by atoms with Gasteiger partial charge in [-0.15, -0.1) is 5.10 Å². The van der Waals surface area contributed by atoms with Crippen LogP contribution in [-0.2, 0) is 15.8 Å². The first-order valence-electron chi connectivity index (χ1n) is 9.37. The third-order valence-electron chi connectivity index (χ3n) is 4.45. The molecule has 11 heteroatoms. The number of hydrogen-bond donors (Lipinski definition) is 2. The van der Waals surface area contributed by atoms with Crippen LogP contribution in [0.2, 0.25) is 0 Å². The fourth-order valence-electron chi connectivity index (χ4n) is 2.81. The van der Waals surface area contributed by atoms with Crippen molar-refractivity contribution in [1.82, 2.24) is 5.32 Å². The fourth-order valence-corrected chi connectivity index (χ4v) is 3.72. The molecule has 32 heavy (non-hydrogen) atoms. The number of thioether (sulfide) groups is 1. The normalized spacial score (nSPS) is 17.9. The van der Waals surface area contributed by atoms with Gasteiger partial charge in [0.1, 0.15) is 11.0 Å². The van der Waals surface area contributed by atoms with Gasteiger partial charge in [-0.05, 0) is 48.9 Å². The highest BCUT2D eigenvalue weighted by Crippen LogP contribution is 2.34. The number of amides is 2. The number of para-hydroxylation sites is 1. The molecule has 0 saturated carbocycles. The lowest BCUT2D eigenvalue weighted by Crippen LogP contribution is -2.28. The van der Waals surface area contributed by atoms with Crippen molar-refractivity contribution in [3.63, 3.8) is 0 Å². The summed E-state index contributed by atoms with van der Waals surface area (Å²) >= 11 is 0.990. The Balaban J connectivity index is 1.63. The molecule has 1 aliphatic rings. The molecule has 2 amide bonds. The van der Waals surface area contributed by atoms with Gasteiger partial charge in [0.2, 0.25) is 11.8 Å². The molecule has 1 unspecified atom stereocenters. The Morgan fingerprint density at radius 2 is 1.88 bits per heavy atom. The number of methoxy groups -OCH3 is 1. The number of ether oxygens (including phenoxy) is 1. The Labute approximate surface area is 186 Å². The van der Waals surface area contributed by atoms with E-state index in [1.807, 2.05) is 12.1 Å². The quantitative estimate of drug-likeness (QED) is 0.498. The summed E-state index contributed by atoms with van der Waals surface area (Å²) in [4.78, 5) is 24.4. The number of carbonyl (C=O) groups excluding carboxylic acids is 2. The molecule has 0 radical (unpaired) electrons. The van der Waals surface area contributed by atoms with Crippen LogP contribution in [0.4, 0.5) is 18.9 Å². The third kappa shape index (κ3) is 5.88. The number of rotatable bonds is 6. The first-order valence-corrected chi connectivity index (χ1v) is 10.3. The minimum Gasteiger partial charge on any atom is -0.497 e. The van der Waals surface area contributed by atoms with Gasteiger partial charge in [-0.3, -0.25) is 9.59 Å². The molecule has 1 fully saturated rings. The van der Waals surface area contributed by atoms with E-state index >= 15 is 0 Å². The second-order valence-corrected chi connectivity index (χ2v) is 7.90. The maximum atomic E-state index is 13.1. The highest BCUT2D eigenvalue weighted by molar-refractivity contribution is 8.15. The van der Waals surface area contributed by atoms with Gasteiger partial charge in [-0.1, -0.05) is 23.9 Å². The molecule has 1 atom stereocenters. The molecule has 2 aromatic carbocycles. The molecule has 0 spiro atoms. The van der Waals surface area contributed by atoms with Crippen LogP contribution in [-0.4, -0.2) is 35.1 Å². The molecular formula is C21H19F3N4O3S. The molecule has 1 saturated heterocycles. The maximum Gasteiger partial charge on any atom is 0.418 e. The summed E-state index contributed by atoms with van der Waals surface area (Å²) in [6.07, 6.45) is -4.92. The van der Waals surface area contributed by atoms with Gasteiger partial charge in [0.05, 0.1) is 24.1 Å². The standard InChI is InChI=1S/C21H19F3N4O3S/c1-12(13-7-9-14(31-2)10-8-13)27-28-20-26-19(30)17(32-20)11-18(29)25-16-6-4-3-5-15(16)21(22,23)24/h3-10,17H,11H2,1-2H3,(H,25,29)(H,26,28,30). The minimum absolute atomic E-state index is 0.205. The van der Waals surface area contributed by atoms with E-state index in [2.05, 4.69) is 20.8 Å². The zero-order valence-corrected chi connectivity index (χ0v) is 17.9. The summed E-state index contributed by atoms with van der Waals surface area (Å²) in [6.45, 7) is 1.75. The van der Waals surface area contributed by atoms with Crippen molar-refractivity contribution in [3.8, 4) is 5.75 Å². The first-order chi connectivity index (χ1) is 15.2. The first kappa shape index (κ1) is 23.3. The number of alkyl halides is 3. The number of nitrogens with zero attached hydrogens (tertiary/aromatic N) is 2. The summed E-state index contributed by atoms with van der Waals surface area (Å²) in [6, 6.07) is 11.8. The van der Waals surface area contributed by atoms with Crippen molar-refractivity contribution >= 4 is 40.1 Å². The largest absolute Gasteiger partial charge is 0.497 e. The zero-order valence-electron chi connectivity index (χ0n) is 17.1. The summed E-state index contributed by atoms with van der Waals surface area (Å²) in [5.74, 6) is -0.482. The van der Waals surface area contributed by atoms with Crippen LogP contribution in [0.1, 0.15) is 24.5 Å². The molecule has 168 valence electrons. The highest BCUT2D eigenvalue weighted by atomic mass is 32.2. The van der Waals surface area contributed by atoms with E-state index in [1.165, 1.54) is 12.1 Å². The van der Waals surface area contributed by atoms with Gasteiger partial charge < -0.3 is 15.4 Å². The SMILES string of the molecule is COc1ccc(C(C)=N/N=C2\NC(=O)C(CC(=O)Nc3ccccc3C(F)(F)F)S2)cc1. The van der Waals surface area contributed by atoms with Crippen LogP contribution in [0.15, 0.2) is 58.7 Å². The van der Waals surface area contributed by atoms with Crippen LogP contribution < -0.4 is 15.4 Å². The van der Waals surface area contributed by atoms with E-state index in [0.29, 0.717) is 11.5 Å². The molecular weight excluding hydrogens is 445 g/mol. The molecule has 1 heterocycles. The topological polar surface area (TPSA) is 92.2 Å². The van der Waals surface area contributed by atoms with Crippen molar-refractivity contribution in [2.75, 3.05) is 12.4 Å². The predicted octanol–water partition coefficient (Wildman–Crippen LogP) is 4.05. The average molecular weight is 464 g/mol. The molecule has 3 rings (SSSR count). The lowest BCUT2D eigenvalue weighted by molar-refractivity contribution is -0.137. The Morgan fingerprint density at radius 3 is 2.53 bits per heavy atom. The minimum atomic E-state index is -4.61. The van der Waals surface area contributed by atoms with Gasteiger partial charge in [0.25, 0.3) is 0 Å². The highest BCUT2D eigenvalue weighted by Gasteiger charge is 2.35. The Morgan fingerprint density at radius 1 is 1.19 bits per heavy atom. The predicted molar refractivity (Wildman–Crippen MR) is 117 cm³/mol. The van der Waals surface area contributed by atoms with Crippen LogP contribution in [0.25, 0.3) is 0 Å². The van der Waals surface area contributed by atoms with Crippen LogP contribution in [0.5, 0.6) is 5.75 Å². The van der Waals surface area contributed by atoms with E-state index in [0.717, 1.165) is 29.5 Å². The van der Waals surface area contributed by atoms with Crippen LogP contribution in [0.3, 0.4) is 0 Å². The number of carbonyl (C=O) groups is 2. The summed E-state index contributed by atoms with van der Waals surface area (Å²) in [5.41, 5.74) is 0.0909. The number of halogens is 3. The van der Waals surface area contributed by atoms with E-state index in [-0.39, 0.29) is 17.3 Å². The van der Waals surface area contributed by atoms with Gasteiger partial charge >= 0.3 is 6.18 Å². The Hall–Kier alpha value is -3.34. The molecule has 2 aromatic rings. The molecule has 1 aliphatic heterocycles. The lowest BCUT2D eigenvalue weighted by atomic mass is 10.1. The van der Waals surface area contributed by atoms with Crippen molar-refractivity contribution in [2.45, 2.75) is 24.8 Å². The maximum absolute atomic E-state index is 13.1. The third-order valence-corrected chi connectivity index (χ3v) is 5.52. The van der Waals surface area contributed by atoms with Gasteiger partial charge in [-0.2, -0.15) is 18.3 Å². The van der Waals surface area contributed by atoms with Crippen molar-refractivity contribution < 1.29 is 27.5 Å². The number of anilines is 1. The fraction of sp³-hybridized carbons (Fsp3) is 0.238. The molecule has 0 aromatic heterocycles. The van der Waals surface area contributed by atoms with Crippen molar-refractivity contribution in [1.29, 1.82) is 0 Å².